The molecule has 0 aliphatic carbocycles. The van der Waals surface area contributed by atoms with Gasteiger partial charge < -0.3 is 9.47 Å². The molecule has 180 valence electrons. The molecular weight excluding hydrogens is 450 g/mol. The number of amides is 1. The molecule has 0 radical (unpaired) electrons. The quantitative estimate of drug-likeness (QED) is 0.353. The number of ether oxygens (including phenoxy) is 2. The van der Waals surface area contributed by atoms with Crippen LogP contribution in [0.1, 0.15) is 36.5 Å². The number of rotatable bonds is 10. The Morgan fingerprint density at radius 2 is 1.50 bits per heavy atom. The molecule has 6 nitrogen and oxygen atoms in total. The lowest BCUT2D eigenvalue weighted by Gasteiger charge is -2.23. The van der Waals surface area contributed by atoms with Crippen LogP contribution in [0.4, 0.5) is 5.69 Å². The van der Waals surface area contributed by atoms with Crippen LogP contribution < -0.4 is 13.8 Å². The van der Waals surface area contributed by atoms with Gasteiger partial charge in [-0.3, -0.25) is 4.79 Å². The fraction of sp³-hybridized carbons (Fsp3) is 0.296. The molecule has 3 rings (SSSR count). The van der Waals surface area contributed by atoms with Crippen LogP contribution in [0.3, 0.4) is 0 Å². The molecule has 7 heteroatoms. The van der Waals surface area contributed by atoms with Gasteiger partial charge in [0.2, 0.25) is 5.91 Å². The molecule has 0 N–H and O–H groups in total. The Morgan fingerprint density at radius 3 is 2.12 bits per heavy atom. The summed E-state index contributed by atoms with van der Waals surface area (Å²) in [5.74, 6) is 0.843. The number of carbonyl (C=O) groups is 1. The van der Waals surface area contributed by atoms with E-state index in [0.29, 0.717) is 25.4 Å². The fourth-order valence-electron chi connectivity index (χ4n) is 3.55. The lowest BCUT2D eigenvalue weighted by molar-refractivity contribution is -0.117. The van der Waals surface area contributed by atoms with Crippen LogP contribution in [0, 0.1) is 20.8 Å². The Hall–Kier alpha value is -3.32. The van der Waals surface area contributed by atoms with Crippen LogP contribution in [-0.2, 0) is 14.8 Å². The van der Waals surface area contributed by atoms with Gasteiger partial charge in [0, 0.05) is 6.42 Å². The molecule has 34 heavy (non-hydrogen) atoms. The summed E-state index contributed by atoms with van der Waals surface area (Å²) >= 11 is 0. The van der Waals surface area contributed by atoms with Crippen molar-refractivity contribution >= 4 is 21.6 Å². The van der Waals surface area contributed by atoms with Crippen LogP contribution >= 0.6 is 0 Å². The Labute approximate surface area is 202 Å². The van der Waals surface area contributed by atoms with E-state index in [1.807, 2.05) is 45.9 Å². The average Bonchev–Trinajstić information content (AvgIpc) is 2.79. The molecule has 0 aliphatic heterocycles. The van der Waals surface area contributed by atoms with Crippen molar-refractivity contribution in [3.63, 3.8) is 0 Å². The number of hydrogen-bond acceptors (Lipinski definition) is 5. The van der Waals surface area contributed by atoms with Crippen molar-refractivity contribution in [2.24, 2.45) is 0 Å². The molecule has 0 spiro atoms. The van der Waals surface area contributed by atoms with Gasteiger partial charge in [-0.2, -0.15) is 0 Å². The Morgan fingerprint density at radius 1 is 0.853 bits per heavy atom. The lowest BCUT2D eigenvalue weighted by Crippen LogP contribution is -2.37. The van der Waals surface area contributed by atoms with E-state index in [9.17, 15) is 13.2 Å². The van der Waals surface area contributed by atoms with Crippen molar-refractivity contribution in [2.45, 2.75) is 45.4 Å². The molecule has 0 saturated heterocycles. The summed E-state index contributed by atoms with van der Waals surface area (Å²) in [6.07, 6.45) is 0.395. The summed E-state index contributed by atoms with van der Waals surface area (Å²) in [6, 6.07) is 18.8. The molecule has 0 atom stereocenters. The van der Waals surface area contributed by atoms with Crippen LogP contribution in [0.25, 0.3) is 0 Å². The van der Waals surface area contributed by atoms with E-state index >= 15 is 0 Å². The number of sulfonamides is 1. The predicted molar refractivity (Wildman–Crippen MR) is 134 cm³/mol. The van der Waals surface area contributed by atoms with Crippen LogP contribution in [0.2, 0.25) is 0 Å². The maximum atomic E-state index is 13.5. The van der Waals surface area contributed by atoms with Gasteiger partial charge in [0.05, 0.1) is 23.8 Å². The van der Waals surface area contributed by atoms with E-state index in [1.165, 1.54) is 12.1 Å². The Kier molecular flexibility index (Phi) is 8.34. The molecule has 3 aromatic carbocycles. The second-order valence-electron chi connectivity index (χ2n) is 8.12. The zero-order valence-electron chi connectivity index (χ0n) is 20.1. The lowest BCUT2D eigenvalue weighted by atomic mass is 10.1. The molecule has 0 unspecified atom stereocenters. The minimum absolute atomic E-state index is 0.0171. The monoisotopic (exact) mass is 481 g/mol. The van der Waals surface area contributed by atoms with Crippen LogP contribution in [0.15, 0.2) is 71.6 Å². The van der Waals surface area contributed by atoms with Gasteiger partial charge in [0.15, 0.2) is 0 Å². The van der Waals surface area contributed by atoms with Gasteiger partial charge in [-0.15, -0.1) is 0 Å². The highest BCUT2D eigenvalue weighted by Gasteiger charge is 2.30. The van der Waals surface area contributed by atoms with Crippen LogP contribution in [0.5, 0.6) is 11.5 Å². The molecule has 0 aromatic heterocycles. The molecule has 0 saturated carbocycles. The van der Waals surface area contributed by atoms with E-state index in [4.69, 9.17) is 9.47 Å². The largest absolute Gasteiger partial charge is 0.494 e. The van der Waals surface area contributed by atoms with E-state index in [1.54, 1.807) is 36.4 Å². The van der Waals surface area contributed by atoms with Gasteiger partial charge in [-0.25, -0.2) is 12.7 Å². The second-order valence-corrected chi connectivity index (χ2v) is 9.91. The van der Waals surface area contributed by atoms with E-state index in [-0.39, 0.29) is 17.0 Å². The van der Waals surface area contributed by atoms with Crippen LogP contribution in [-0.4, -0.2) is 27.5 Å². The number of aryl methyl sites for hydroxylation is 3. The van der Waals surface area contributed by atoms with Crippen molar-refractivity contribution in [1.82, 2.24) is 0 Å². The first kappa shape index (κ1) is 25.3. The number of anilines is 1. The highest BCUT2D eigenvalue weighted by molar-refractivity contribution is 7.93. The molecule has 0 heterocycles. The minimum atomic E-state index is -4.09. The topological polar surface area (TPSA) is 72.9 Å². The Bertz CT molecular complexity index is 1220. The third kappa shape index (κ3) is 6.17. The highest BCUT2D eigenvalue weighted by atomic mass is 32.2. The standard InChI is InChI=1S/C27H31NO5S/c1-5-32-24-13-11-23(12-14-24)28(34(30,31)25-15-8-20(2)9-16-25)27(29)7-6-18-33-26-17-10-21(3)19-22(26)4/h8-17,19H,5-7,18H2,1-4H3. The van der Waals surface area contributed by atoms with Gasteiger partial charge in [-0.1, -0.05) is 35.4 Å². The first-order chi connectivity index (χ1) is 16.2. The number of nitrogens with zero attached hydrogens (tertiary/aromatic N) is 1. The summed E-state index contributed by atoms with van der Waals surface area (Å²) in [5.41, 5.74) is 3.36. The van der Waals surface area contributed by atoms with Crippen molar-refractivity contribution < 1.29 is 22.7 Å². The number of benzene rings is 3. The van der Waals surface area contributed by atoms with Gasteiger partial charge in [0.25, 0.3) is 10.0 Å². The minimum Gasteiger partial charge on any atom is -0.494 e. The van der Waals surface area contributed by atoms with E-state index < -0.39 is 15.9 Å². The van der Waals surface area contributed by atoms with Crippen molar-refractivity contribution in [3.05, 3.63) is 83.4 Å². The normalized spacial score (nSPS) is 11.2. The molecule has 0 fully saturated rings. The third-order valence-electron chi connectivity index (χ3n) is 5.29. The van der Waals surface area contributed by atoms with Crippen molar-refractivity contribution in [2.75, 3.05) is 17.5 Å². The summed E-state index contributed by atoms with van der Waals surface area (Å²) in [6.45, 7) is 8.52. The molecular formula is C27H31NO5S. The van der Waals surface area contributed by atoms with Gasteiger partial charge >= 0.3 is 0 Å². The Balaban J connectivity index is 1.79. The van der Waals surface area contributed by atoms with Gasteiger partial charge in [-0.05, 0) is 82.1 Å². The SMILES string of the molecule is CCOc1ccc(N(C(=O)CCCOc2ccc(C)cc2C)S(=O)(=O)c2ccc(C)cc2)cc1. The maximum absolute atomic E-state index is 13.5. The highest BCUT2D eigenvalue weighted by Crippen LogP contribution is 2.27. The van der Waals surface area contributed by atoms with Crippen molar-refractivity contribution in [1.29, 1.82) is 0 Å². The zero-order valence-corrected chi connectivity index (χ0v) is 20.9. The number of carbonyl (C=O) groups excluding carboxylic acids is 1. The van der Waals surface area contributed by atoms with E-state index in [2.05, 4.69) is 0 Å². The summed E-state index contributed by atoms with van der Waals surface area (Å²) in [5, 5.41) is 0. The first-order valence-electron chi connectivity index (χ1n) is 11.3. The number of hydrogen-bond donors (Lipinski definition) is 0. The maximum Gasteiger partial charge on any atom is 0.270 e. The van der Waals surface area contributed by atoms with Crippen molar-refractivity contribution in [3.8, 4) is 11.5 Å². The summed E-state index contributed by atoms with van der Waals surface area (Å²) in [7, 11) is -4.09. The average molecular weight is 482 g/mol. The molecule has 0 aliphatic rings. The second kappa shape index (κ2) is 11.2. The predicted octanol–water partition coefficient (Wildman–Crippen LogP) is 5.59. The first-order valence-corrected chi connectivity index (χ1v) is 12.7. The smallest absolute Gasteiger partial charge is 0.270 e. The fourth-order valence-corrected chi connectivity index (χ4v) is 4.99. The molecule has 1 amide bonds. The van der Waals surface area contributed by atoms with E-state index in [0.717, 1.165) is 26.7 Å². The molecule has 3 aromatic rings. The summed E-state index contributed by atoms with van der Waals surface area (Å²) < 4.78 is 39.1. The third-order valence-corrected chi connectivity index (χ3v) is 7.05. The summed E-state index contributed by atoms with van der Waals surface area (Å²) in [4.78, 5) is 13.3. The van der Waals surface area contributed by atoms with Gasteiger partial charge in [0.1, 0.15) is 11.5 Å². The zero-order chi connectivity index (χ0) is 24.7. The molecule has 0 bridgehead atoms.